The van der Waals surface area contributed by atoms with E-state index in [9.17, 15) is 0 Å². The first kappa shape index (κ1) is 22.7. The lowest BCUT2D eigenvalue weighted by molar-refractivity contribution is 0.154. The minimum absolute atomic E-state index is 0.983. The van der Waals surface area contributed by atoms with Gasteiger partial charge in [-0.2, -0.15) is 0 Å². The molecule has 0 atom stereocenters. The summed E-state index contributed by atoms with van der Waals surface area (Å²) in [4.78, 5) is 21.7. The van der Waals surface area contributed by atoms with Gasteiger partial charge in [-0.05, 0) is 22.3 Å². The topological polar surface area (TPSA) is 68.1 Å². The Bertz CT molecular complexity index is 924. The quantitative estimate of drug-likeness (QED) is 0.229. The predicted molar refractivity (Wildman–Crippen MR) is 121 cm³/mol. The van der Waals surface area contributed by atoms with Gasteiger partial charge in [0.1, 0.15) is 0 Å². The molecule has 0 fully saturated rings. The first-order valence-electron chi connectivity index (χ1n) is 9.36. The molecule has 0 heterocycles. The molecule has 0 spiro atoms. The Balaban J connectivity index is 0.000000173. The smallest absolute Gasteiger partial charge is 0.221 e. The zero-order valence-electron chi connectivity index (χ0n) is 16.7. The van der Waals surface area contributed by atoms with Crippen LogP contribution in [0, 0.1) is 0 Å². The summed E-state index contributed by atoms with van der Waals surface area (Å²) in [6, 6.07) is 41.6. The standard InChI is InChI=1S/2C12H10.C2N2O3/c2*1-3-7-11(8-4-1)12-9-5-2-6-10-12;5-1-3-7-4-2-6/h2*1-10H;. The van der Waals surface area contributed by atoms with Gasteiger partial charge < -0.3 is 0 Å². The SMILES string of the molecule is O=C=NON=C=O.c1ccc(-c2ccccc2)cc1.c1ccc(-c2ccccc2)cc1. The normalized spacial score (nSPS) is 8.65. The molecule has 4 rings (SSSR count). The number of hydrogen-bond acceptors (Lipinski definition) is 5. The van der Waals surface area contributed by atoms with Crippen molar-refractivity contribution in [2.24, 2.45) is 10.3 Å². The second kappa shape index (κ2) is 14.4. The van der Waals surface area contributed by atoms with Gasteiger partial charge in [-0.25, -0.2) is 14.5 Å². The zero-order valence-corrected chi connectivity index (χ0v) is 16.7. The van der Waals surface area contributed by atoms with Gasteiger partial charge >= 0.3 is 0 Å². The van der Waals surface area contributed by atoms with Crippen LogP contribution in [0.25, 0.3) is 22.3 Å². The van der Waals surface area contributed by atoms with E-state index in [-0.39, 0.29) is 0 Å². The molecule has 0 aliphatic carbocycles. The molecule has 0 saturated carbocycles. The fourth-order valence-electron chi connectivity index (χ4n) is 2.58. The highest BCUT2D eigenvalue weighted by Crippen LogP contribution is 2.18. The highest BCUT2D eigenvalue weighted by atomic mass is 16.8. The van der Waals surface area contributed by atoms with Crippen LogP contribution in [-0.2, 0) is 14.5 Å². The Hall–Kier alpha value is -4.56. The van der Waals surface area contributed by atoms with Gasteiger partial charge in [0.25, 0.3) is 12.2 Å². The Morgan fingerprint density at radius 1 is 0.419 bits per heavy atom. The maximum atomic E-state index is 9.07. The Morgan fingerprint density at radius 3 is 0.839 bits per heavy atom. The summed E-state index contributed by atoms with van der Waals surface area (Å²) in [7, 11) is 0. The van der Waals surface area contributed by atoms with E-state index >= 15 is 0 Å². The molecule has 31 heavy (non-hydrogen) atoms. The lowest BCUT2D eigenvalue weighted by atomic mass is 10.1. The third-order valence-corrected chi connectivity index (χ3v) is 3.92. The van der Waals surface area contributed by atoms with Crippen molar-refractivity contribution in [2.75, 3.05) is 0 Å². The molecule has 0 saturated heterocycles. The van der Waals surface area contributed by atoms with Crippen LogP contribution in [-0.4, -0.2) is 12.2 Å². The van der Waals surface area contributed by atoms with Gasteiger partial charge in [0.15, 0.2) is 0 Å². The summed E-state index contributed by atoms with van der Waals surface area (Å²) in [6.07, 6.45) is 1.97. The van der Waals surface area contributed by atoms with E-state index in [0.717, 1.165) is 12.2 Å². The average Bonchev–Trinajstić information content (AvgIpc) is 2.87. The molecule has 0 aromatic heterocycles. The molecule has 152 valence electrons. The van der Waals surface area contributed by atoms with Gasteiger partial charge in [-0.15, -0.1) is 0 Å². The van der Waals surface area contributed by atoms with Gasteiger partial charge in [0.2, 0.25) is 0 Å². The number of rotatable bonds is 4. The molecule has 4 aromatic carbocycles. The van der Waals surface area contributed by atoms with Crippen molar-refractivity contribution in [1.82, 2.24) is 0 Å². The van der Waals surface area contributed by atoms with E-state index in [0.29, 0.717) is 0 Å². The van der Waals surface area contributed by atoms with E-state index < -0.39 is 0 Å². The molecule has 0 amide bonds. The van der Waals surface area contributed by atoms with Crippen LogP contribution in [0.5, 0.6) is 0 Å². The van der Waals surface area contributed by atoms with Crippen LogP contribution in [0.3, 0.4) is 0 Å². The van der Waals surface area contributed by atoms with E-state index in [1.54, 1.807) is 0 Å². The second-order valence-electron chi connectivity index (χ2n) is 5.91. The Kier molecular flexibility index (Phi) is 10.6. The van der Waals surface area contributed by atoms with Crippen molar-refractivity contribution in [2.45, 2.75) is 0 Å². The van der Waals surface area contributed by atoms with Gasteiger partial charge in [-0.1, -0.05) is 121 Å². The first-order chi connectivity index (χ1) is 15.3. The lowest BCUT2D eigenvalue weighted by Crippen LogP contribution is -1.73. The molecular formula is C26H20N2O3. The van der Waals surface area contributed by atoms with Crippen LogP contribution in [0.1, 0.15) is 0 Å². The fraction of sp³-hybridized carbons (Fsp3) is 0. The summed E-state index contributed by atoms with van der Waals surface area (Å²) in [5.41, 5.74) is 5.10. The summed E-state index contributed by atoms with van der Waals surface area (Å²) in [5.74, 6) is 0. The summed E-state index contributed by atoms with van der Waals surface area (Å²) in [5, 5.41) is 4.85. The molecule has 4 aromatic rings. The number of carbonyl (C=O) groups excluding carboxylic acids is 2. The molecule has 0 aliphatic heterocycles. The first-order valence-corrected chi connectivity index (χ1v) is 9.36. The Morgan fingerprint density at radius 2 is 0.645 bits per heavy atom. The Labute approximate surface area is 180 Å². The maximum Gasteiger partial charge on any atom is 0.279 e. The van der Waals surface area contributed by atoms with E-state index in [4.69, 9.17) is 9.59 Å². The summed E-state index contributed by atoms with van der Waals surface area (Å²) in [6.45, 7) is 0. The third-order valence-electron chi connectivity index (χ3n) is 3.92. The van der Waals surface area contributed by atoms with Crippen LogP contribution in [0.2, 0.25) is 0 Å². The number of isocyanates is 2. The zero-order chi connectivity index (χ0) is 22.0. The van der Waals surface area contributed by atoms with Crippen molar-refractivity contribution in [1.29, 1.82) is 0 Å². The molecule has 0 radical (unpaired) electrons. The van der Waals surface area contributed by atoms with Crippen LogP contribution in [0.4, 0.5) is 0 Å². The maximum absolute atomic E-state index is 9.07. The van der Waals surface area contributed by atoms with Crippen molar-refractivity contribution in [3.63, 3.8) is 0 Å². The van der Waals surface area contributed by atoms with Crippen LogP contribution < -0.4 is 0 Å². The van der Waals surface area contributed by atoms with E-state index in [1.165, 1.54) is 22.3 Å². The predicted octanol–water partition coefficient (Wildman–Crippen LogP) is 6.21. The molecule has 5 heteroatoms. The van der Waals surface area contributed by atoms with E-state index in [1.807, 2.05) is 24.3 Å². The van der Waals surface area contributed by atoms with E-state index in [2.05, 4.69) is 112 Å². The summed E-state index contributed by atoms with van der Waals surface area (Å²) < 4.78 is 0. The second-order valence-corrected chi connectivity index (χ2v) is 5.91. The molecule has 0 N–H and O–H groups in total. The van der Waals surface area contributed by atoms with Crippen LogP contribution >= 0.6 is 0 Å². The van der Waals surface area contributed by atoms with Crippen molar-refractivity contribution in [3.8, 4) is 22.3 Å². The lowest BCUT2D eigenvalue weighted by Gasteiger charge is -1.98. The minimum Gasteiger partial charge on any atom is -0.221 e. The largest absolute Gasteiger partial charge is 0.279 e. The number of nitrogens with zero attached hydrogens (tertiary/aromatic N) is 2. The molecule has 5 nitrogen and oxygen atoms in total. The van der Waals surface area contributed by atoms with Crippen molar-refractivity contribution in [3.05, 3.63) is 121 Å². The minimum atomic E-state index is 0.983. The van der Waals surface area contributed by atoms with Crippen molar-refractivity contribution < 1.29 is 14.5 Å². The van der Waals surface area contributed by atoms with Crippen molar-refractivity contribution >= 4 is 12.2 Å². The molecule has 0 aliphatic rings. The highest BCUT2D eigenvalue weighted by Gasteiger charge is 1.92. The molecule has 0 bridgehead atoms. The fourth-order valence-corrected chi connectivity index (χ4v) is 2.58. The van der Waals surface area contributed by atoms with Gasteiger partial charge in [-0.3, -0.25) is 0 Å². The third kappa shape index (κ3) is 8.99. The average molecular weight is 408 g/mol. The summed E-state index contributed by atoms with van der Waals surface area (Å²) >= 11 is 0. The monoisotopic (exact) mass is 408 g/mol. The number of hydrogen-bond donors (Lipinski definition) is 0. The number of benzene rings is 4. The molecule has 0 unspecified atom stereocenters. The van der Waals surface area contributed by atoms with Gasteiger partial charge in [0.05, 0.1) is 0 Å². The molecular weight excluding hydrogens is 388 g/mol. The highest BCUT2D eigenvalue weighted by molar-refractivity contribution is 5.63. The van der Waals surface area contributed by atoms with Crippen LogP contribution in [0.15, 0.2) is 132 Å². The van der Waals surface area contributed by atoms with Gasteiger partial charge in [0, 0.05) is 10.3 Å².